The summed E-state index contributed by atoms with van der Waals surface area (Å²) in [6.07, 6.45) is 6.38. The first kappa shape index (κ1) is 30.0. The number of hydrogen-bond acceptors (Lipinski definition) is 8. The molecule has 0 saturated heterocycles. The molecule has 1 rings (SSSR count). The fourth-order valence-electron chi connectivity index (χ4n) is 3.09. The van der Waals surface area contributed by atoms with Crippen molar-refractivity contribution >= 4 is 0 Å². The highest BCUT2D eigenvalue weighted by atomic mass is 16.6. The Morgan fingerprint density at radius 1 is 0.606 bits per heavy atom. The maximum Gasteiger partial charge on any atom is 0.111 e. The molecule has 0 fully saturated rings. The second-order valence-electron chi connectivity index (χ2n) is 7.47. The molecule has 0 N–H and O–H groups in total. The second kappa shape index (κ2) is 22.8. The first-order valence-corrected chi connectivity index (χ1v) is 12.4. The lowest BCUT2D eigenvalue weighted by Crippen LogP contribution is -2.15. The van der Waals surface area contributed by atoms with Gasteiger partial charge in [-0.15, -0.1) is 0 Å². The van der Waals surface area contributed by atoms with Gasteiger partial charge in [-0.1, -0.05) is 13.0 Å². The fourth-order valence-corrected chi connectivity index (χ4v) is 3.09. The zero-order valence-electron chi connectivity index (χ0n) is 21.0. The molecule has 0 spiro atoms. The first-order chi connectivity index (χ1) is 16.3. The summed E-state index contributed by atoms with van der Waals surface area (Å²) in [6.45, 7) is 15.1. The van der Waals surface area contributed by atoms with E-state index >= 15 is 0 Å². The van der Waals surface area contributed by atoms with Crippen molar-refractivity contribution in [3.8, 4) is 0 Å². The van der Waals surface area contributed by atoms with Crippen molar-refractivity contribution in [1.82, 2.24) is 0 Å². The molecule has 0 aliphatic heterocycles. The van der Waals surface area contributed by atoms with Gasteiger partial charge in [-0.3, -0.25) is 0 Å². The minimum absolute atomic E-state index is 0.480. The Hall–Kier alpha value is -1.00. The highest BCUT2D eigenvalue weighted by Gasteiger charge is 2.15. The zero-order chi connectivity index (χ0) is 23.8. The van der Waals surface area contributed by atoms with Crippen LogP contribution >= 0.6 is 0 Å². The van der Waals surface area contributed by atoms with Gasteiger partial charge >= 0.3 is 0 Å². The molecule has 1 aliphatic rings. The number of ether oxygens (including phenoxy) is 8. The van der Waals surface area contributed by atoms with Crippen molar-refractivity contribution in [3.63, 3.8) is 0 Å². The Balaban J connectivity index is 2.07. The largest absolute Gasteiger partial charge is 0.496 e. The summed E-state index contributed by atoms with van der Waals surface area (Å²) >= 11 is 0. The van der Waals surface area contributed by atoms with Crippen LogP contribution in [-0.4, -0.2) is 99.1 Å². The van der Waals surface area contributed by atoms with Gasteiger partial charge in [0.15, 0.2) is 0 Å². The molecule has 0 saturated carbocycles. The molecule has 0 aromatic rings. The maximum atomic E-state index is 5.94. The predicted octanol–water partition coefficient (Wildman–Crippen LogP) is 3.40. The molecule has 0 amide bonds. The Morgan fingerprint density at radius 3 is 1.55 bits per heavy atom. The number of hydrogen-bond donors (Lipinski definition) is 0. The predicted molar refractivity (Wildman–Crippen MR) is 128 cm³/mol. The average molecular weight is 475 g/mol. The summed E-state index contributed by atoms with van der Waals surface area (Å²) in [5, 5.41) is 0. The van der Waals surface area contributed by atoms with Gasteiger partial charge in [-0.25, -0.2) is 0 Å². The fraction of sp³-hybridized carbons (Fsp3) is 0.840. The van der Waals surface area contributed by atoms with Gasteiger partial charge in [-0.05, 0) is 37.8 Å². The summed E-state index contributed by atoms with van der Waals surface area (Å²) in [6, 6.07) is 0. The minimum Gasteiger partial charge on any atom is -0.496 e. The van der Waals surface area contributed by atoms with Crippen LogP contribution in [0.5, 0.6) is 0 Å². The van der Waals surface area contributed by atoms with Crippen molar-refractivity contribution < 1.29 is 37.9 Å². The van der Waals surface area contributed by atoms with E-state index in [2.05, 4.69) is 19.1 Å². The van der Waals surface area contributed by atoms with E-state index in [1.807, 2.05) is 13.8 Å². The Labute approximate surface area is 200 Å². The number of allylic oxidation sites excluding steroid dienone is 2. The third kappa shape index (κ3) is 18.1. The van der Waals surface area contributed by atoms with E-state index in [-0.39, 0.29) is 0 Å². The molecule has 0 radical (unpaired) electrons. The average Bonchev–Trinajstić information content (AvgIpc) is 2.83. The van der Waals surface area contributed by atoms with E-state index in [1.54, 1.807) is 0 Å². The normalized spacial score (nSPS) is 16.0. The van der Waals surface area contributed by atoms with Gasteiger partial charge < -0.3 is 37.9 Å². The van der Waals surface area contributed by atoms with Crippen molar-refractivity contribution in [3.05, 3.63) is 23.5 Å². The van der Waals surface area contributed by atoms with Gasteiger partial charge in [-0.2, -0.15) is 0 Å². The van der Waals surface area contributed by atoms with E-state index < -0.39 is 0 Å². The molecular weight excluding hydrogens is 428 g/mol. The van der Waals surface area contributed by atoms with Gasteiger partial charge in [0.25, 0.3) is 0 Å². The van der Waals surface area contributed by atoms with Crippen molar-refractivity contribution in [1.29, 1.82) is 0 Å². The molecule has 0 heterocycles. The third-order valence-corrected chi connectivity index (χ3v) is 4.84. The molecule has 0 aromatic carbocycles. The topological polar surface area (TPSA) is 73.8 Å². The van der Waals surface area contributed by atoms with Crippen molar-refractivity contribution in [2.24, 2.45) is 5.92 Å². The molecule has 194 valence electrons. The van der Waals surface area contributed by atoms with Crippen LogP contribution in [0.15, 0.2) is 23.5 Å². The summed E-state index contributed by atoms with van der Waals surface area (Å²) in [7, 11) is 0. The Morgan fingerprint density at radius 2 is 1.06 bits per heavy atom. The van der Waals surface area contributed by atoms with Crippen LogP contribution in [0.1, 0.15) is 33.6 Å². The lowest BCUT2D eigenvalue weighted by atomic mass is 9.93. The summed E-state index contributed by atoms with van der Waals surface area (Å²) in [5.41, 5.74) is 1.16. The number of rotatable bonds is 24. The summed E-state index contributed by atoms with van der Waals surface area (Å²) in [4.78, 5) is 0. The third-order valence-electron chi connectivity index (χ3n) is 4.84. The molecule has 1 atom stereocenters. The lowest BCUT2D eigenvalue weighted by Gasteiger charge is -2.21. The smallest absolute Gasteiger partial charge is 0.111 e. The van der Waals surface area contributed by atoms with E-state index in [0.29, 0.717) is 91.8 Å². The molecule has 8 nitrogen and oxygen atoms in total. The summed E-state index contributed by atoms with van der Waals surface area (Å²) < 4.78 is 44.1. The van der Waals surface area contributed by atoms with Gasteiger partial charge in [0.1, 0.15) is 6.61 Å². The second-order valence-corrected chi connectivity index (χ2v) is 7.47. The summed E-state index contributed by atoms with van der Waals surface area (Å²) in [5.74, 6) is 1.48. The maximum absolute atomic E-state index is 5.94. The van der Waals surface area contributed by atoms with Crippen LogP contribution in [0.25, 0.3) is 0 Å². The Bertz CT molecular complexity index is 495. The molecule has 33 heavy (non-hydrogen) atoms. The van der Waals surface area contributed by atoms with E-state index in [1.165, 1.54) is 0 Å². The monoisotopic (exact) mass is 474 g/mol. The van der Waals surface area contributed by atoms with E-state index in [9.17, 15) is 0 Å². The molecule has 1 aliphatic carbocycles. The van der Waals surface area contributed by atoms with Crippen LogP contribution in [0.3, 0.4) is 0 Å². The SMILES string of the molecule is CCOCCOCCOCCOCC1=CC(CC)CC(OCCOCCOCCOCC)=C1. The van der Waals surface area contributed by atoms with Crippen LogP contribution in [0.4, 0.5) is 0 Å². The molecule has 0 bridgehead atoms. The first-order valence-electron chi connectivity index (χ1n) is 12.4. The van der Waals surface area contributed by atoms with Crippen LogP contribution in [0.2, 0.25) is 0 Å². The zero-order valence-corrected chi connectivity index (χ0v) is 21.0. The van der Waals surface area contributed by atoms with Gasteiger partial charge in [0.05, 0.1) is 85.0 Å². The van der Waals surface area contributed by atoms with Gasteiger partial charge in [0, 0.05) is 19.6 Å². The quantitative estimate of drug-likeness (QED) is 0.197. The van der Waals surface area contributed by atoms with E-state index in [4.69, 9.17) is 37.9 Å². The minimum atomic E-state index is 0.480. The van der Waals surface area contributed by atoms with Crippen LogP contribution in [-0.2, 0) is 37.9 Å². The highest BCUT2D eigenvalue weighted by molar-refractivity contribution is 5.27. The van der Waals surface area contributed by atoms with E-state index in [0.717, 1.165) is 37.4 Å². The van der Waals surface area contributed by atoms with Crippen LogP contribution < -0.4 is 0 Å². The molecule has 8 heteroatoms. The molecular formula is C25H46O8. The standard InChI is InChI=1S/C25H46O8/c1-4-23-19-24(22-32-16-15-30-12-11-28-9-7-26-5-2)21-25(20-23)33-18-17-31-14-13-29-10-8-27-6-3/h19,21,23H,4-18,20,22H2,1-3H3. The van der Waals surface area contributed by atoms with Crippen LogP contribution in [0, 0.1) is 5.92 Å². The lowest BCUT2D eigenvalue weighted by molar-refractivity contribution is 0.00175. The van der Waals surface area contributed by atoms with Gasteiger partial charge in [0.2, 0.25) is 0 Å². The highest BCUT2D eigenvalue weighted by Crippen LogP contribution is 2.26. The molecule has 1 unspecified atom stereocenters. The van der Waals surface area contributed by atoms with Crippen molar-refractivity contribution in [2.75, 3.05) is 99.1 Å². The van der Waals surface area contributed by atoms with Crippen molar-refractivity contribution in [2.45, 2.75) is 33.6 Å². The Kier molecular flexibility index (Phi) is 20.7. The molecule has 0 aromatic heterocycles.